The molecule has 0 aliphatic carbocycles. The van der Waals surface area contributed by atoms with Crippen molar-refractivity contribution in [3.8, 4) is 23.3 Å². The zero-order valence-corrected chi connectivity index (χ0v) is 16.8. The van der Waals surface area contributed by atoms with Gasteiger partial charge in [0.15, 0.2) is 0 Å². The highest BCUT2D eigenvalue weighted by Gasteiger charge is 1.99. The largest absolute Gasteiger partial charge is 0.494 e. The Morgan fingerprint density at radius 2 is 1.14 bits per heavy atom. The minimum absolute atomic E-state index is 0.768. The minimum atomic E-state index is 0.768. The van der Waals surface area contributed by atoms with Crippen molar-refractivity contribution in [1.29, 1.82) is 0 Å². The highest BCUT2D eigenvalue weighted by molar-refractivity contribution is 5.85. The molecule has 0 bridgehead atoms. The van der Waals surface area contributed by atoms with Crippen LogP contribution >= 0.6 is 0 Å². The second kappa shape index (κ2) is 10.4. The summed E-state index contributed by atoms with van der Waals surface area (Å²) in [5.41, 5.74) is 2.00. The molecule has 0 amide bonds. The van der Waals surface area contributed by atoms with Crippen LogP contribution in [0.5, 0.6) is 11.5 Å². The number of benzene rings is 3. The molecular weight excluding hydrogens is 344 g/mol. The molecule has 0 unspecified atom stereocenters. The van der Waals surface area contributed by atoms with Gasteiger partial charge in [0.25, 0.3) is 0 Å². The Balaban J connectivity index is 1.67. The molecule has 2 nitrogen and oxygen atoms in total. The van der Waals surface area contributed by atoms with E-state index in [0.29, 0.717) is 0 Å². The van der Waals surface area contributed by atoms with E-state index < -0.39 is 0 Å². The summed E-state index contributed by atoms with van der Waals surface area (Å²) < 4.78 is 11.5. The maximum Gasteiger partial charge on any atom is 0.119 e. The number of rotatable bonds is 8. The van der Waals surface area contributed by atoms with Crippen molar-refractivity contribution in [2.24, 2.45) is 0 Å². The van der Waals surface area contributed by atoms with Gasteiger partial charge >= 0.3 is 0 Å². The molecule has 2 heteroatoms. The topological polar surface area (TPSA) is 18.5 Å². The molecule has 0 saturated heterocycles. The fourth-order valence-corrected chi connectivity index (χ4v) is 2.84. The van der Waals surface area contributed by atoms with Crippen LogP contribution < -0.4 is 9.47 Å². The highest BCUT2D eigenvalue weighted by atomic mass is 16.5. The molecule has 0 saturated carbocycles. The lowest BCUT2D eigenvalue weighted by atomic mass is 10.1. The van der Waals surface area contributed by atoms with Crippen molar-refractivity contribution < 1.29 is 9.47 Å². The fraction of sp³-hybridized carbons (Fsp3) is 0.308. The summed E-state index contributed by atoms with van der Waals surface area (Å²) in [4.78, 5) is 0. The smallest absolute Gasteiger partial charge is 0.119 e. The predicted octanol–water partition coefficient (Wildman–Crippen LogP) is 6.60. The van der Waals surface area contributed by atoms with E-state index in [1.165, 1.54) is 10.8 Å². The number of unbranched alkanes of at least 4 members (excludes halogenated alkanes) is 2. The third-order valence-electron chi connectivity index (χ3n) is 4.55. The van der Waals surface area contributed by atoms with Crippen LogP contribution in [-0.2, 0) is 0 Å². The lowest BCUT2D eigenvalue weighted by molar-refractivity contribution is 0.309. The molecule has 144 valence electrons. The molecule has 0 aliphatic rings. The molecule has 0 atom stereocenters. The summed E-state index contributed by atoms with van der Waals surface area (Å²) >= 11 is 0. The Kier molecular flexibility index (Phi) is 7.38. The van der Waals surface area contributed by atoms with Crippen LogP contribution in [0.25, 0.3) is 10.8 Å². The summed E-state index contributed by atoms with van der Waals surface area (Å²) in [6, 6.07) is 20.5. The molecule has 3 aromatic rings. The van der Waals surface area contributed by atoms with Gasteiger partial charge in [-0.3, -0.25) is 0 Å². The van der Waals surface area contributed by atoms with E-state index in [4.69, 9.17) is 9.47 Å². The average molecular weight is 373 g/mol. The standard InChI is InChI=1S/C26H28O2/c1-3-5-17-27-25-14-10-21(11-15-25)7-8-22-9-12-24-20-26(28-18-6-4-2)16-13-23(24)19-22/h9-16,19-20H,3-6,17-18H2,1-2H3. The number of ether oxygens (including phenoxy) is 2. The van der Waals surface area contributed by atoms with Crippen molar-refractivity contribution in [2.45, 2.75) is 39.5 Å². The predicted molar refractivity (Wildman–Crippen MR) is 117 cm³/mol. The van der Waals surface area contributed by atoms with Crippen LogP contribution in [0.4, 0.5) is 0 Å². The Morgan fingerprint density at radius 1 is 0.607 bits per heavy atom. The normalized spacial score (nSPS) is 10.4. The number of fused-ring (bicyclic) bond motifs is 1. The van der Waals surface area contributed by atoms with Gasteiger partial charge in [0, 0.05) is 11.1 Å². The molecule has 0 N–H and O–H groups in total. The maximum absolute atomic E-state index is 5.79. The molecular formula is C26H28O2. The zero-order valence-electron chi connectivity index (χ0n) is 16.8. The quantitative estimate of drug-likeness (QED) is 0.328. The minimum Gasteiger partial charge on any atom is -0.494 e. The van der Waals surface area contributed by atoms with Gasteiger partial charge in [0.05, 0.1) is 13.2 Å². The maximum atomic E-state index is 5.79. The first-order chi connectivity index (χ1) is 13.8. The van der Waals surface area contributed by atoms with Crippen LogP contribution in [0, 0.1) is 11.8 Å². The molecule has 0 aliphatic heterocycles. The molecule has 0 radical (unpaired) electrons. The molecule has 0 fully saturated rings. The van der Waals surface area contributed by atoms with E-state index in [2.05, 4.69) is 56.0 Å². The molecule has 3 aromatic carbocycles. The zero-order chi connectivity index (χ0) is 19.6. The Bertz CT molecular complexity index is 946. The van der Waals surface area contributed by atoms with Crippen LogP contribution in [0.15, 0.2) is 60.7 Å². The molecule has 0 spiro atoms. The van der Waals surface area contributed by atoms with Gasteiger partial charge in [0.2, 0.25) is 0 Å². The summed E-state index contributed by atoms with van der Waals surface area (Å²) in [6.45, 7) is 5.87. The van der Waals surface area contributed by atoms with Crippen molar-refractivity contribution in [3.05, 3.63) is 71.8 Å². The Hall–Kier alpha value is -2.92. The molecule has 28 heavy (non-hydrogen) atoms. The van der Waals surface area contributed by atoms with Gasteiger partial charge < -0.3 is 9.47 Å². The summed E-state index contributed by atoms with van der Waals surface area (Å²) in [5.74, 6) is 8.33. The van der Waals surface area contributed by atoms with Crippen molar-refractivity contribution in [3.63, 3.8) is 0 Å². The molecule has 0 aromatic heterocycles. The second-order valence-corrected chi connectivity index (χ2v) is 6.90. The lowest BCUT2D eigenvalue weighted by Crippen LogP contribution is -1.96. The van der Waals surface area contributed by atoms with E-state index in [1.54, 1.807) is 0 Å². The van der Waals surface area contributed by atoms with Crippen LogP contribution in [0.2, 0.25) is 0 Å². The van der Waals surface area contributed by atoms with E-state index in [0.717, 1.165) is 61.5 Å². The fourth-order valence-electron chi connectivity index (χ4n) is 2.84. The Morgan fingerprint density at radius 3 is 1.86 bits per heavy atom. The van der Waals surface area contributed by atoms with Gasteiger partial charge in [-0.25, -0.2) is 0 Å². The van der Waals surface area contributed by atoms with Crippen LogP contribution in [0.1, 0.15) is 50.7 Å². The summed E-state index contributed by atoms with van der Waals surface area (Å²) in [7, 11) is 0. The first kappa shape index (κ1) is 19.8. The first-order valence-electron chi connectivity index (χ1n) is 10.2. The summed E-state index contributed by atoms with van der Waals surface area (Å²) in [6.07, 6.45) is 4.45. The number of hydrogen-bond donors (Lipinski definition) is 0. The second-order valence-electron chi connectivity index (χ2n) is 6.90. The third kappa shape index (κ3) is 5.79. The molecule has 3 rings (SSSR count). The highest BCUT2D eigenvalue weighted by Crippen LogP contribution is 2.22. The lowest BCUT2D eigenvalue weighted by Gasteiger charge is -2.06. The summed E-state index contributed by atoms with van der Waals surface area (Å²) in [5, 5.41) is 2.35. The number of hydrogen-bond acceptors (Lipinski definition) is 2. The van der Waals surface area contributed by atoms with Gasteiger partial charge in [-0.15, -0.1) is 0 Å². The molecule has 0 heterocycles. The van der Waals surface area contributed by atoms with Gasteiger partial charge in [-0.2, -0.15) is 0 Å². The third-order valence-corrected chi connectivity index (χ3v) is 4.55. The van der Waals surface area contributed by atoms with E-state index in [1.807, 2.05) is 30.3 Å². The van der Waals surface area contributed by atoms with Crippen LogP contribution in [-0.4, -0.2) is 13.2 Å². The van der Waals surface area contributed by atoms with Crippen molar-refractivity contribution in [2.75, 3.05) is 13.2 Å². The van der Waals surface area contributed by atoms with Crippen LogP contribution in [0.3, 0.4) is 0 Å². The van der Waals surface area contributed by atoms with Crippen molar-refractivity contribution >= 4 is 10.8 Å². The van der Waals surface area contributed by atoms with Gasteiger partial charge in [-0.05, 0) is 72.1 Å². The van der Waals surface area contributed by atoms with Gasteiger partial charge in [0.1, 0.15) is 11.5 Å². The van der Waals surface area contributed by atoms with E-state index in [9.17, 15) is 0 Å². The van der Waals surface area contributed by atoms with Gasteiger partial charge in [-0.1, -0.05) is 50.7 Å². The van der Waals surface area contributed by atoms with Crippen molar-refractivity contribution in [1.82, 2.24) is 0 Å². The Labute approximate surface area is 168 Å². The monoisotopic (exact) mass is 372 g/mol. The van der Waals surface area contributed by atoms with E-state index in [-0.39, 0.29) is 0 Å². The van der Waals surface area contributed by atoms with E-state index >= 15 is 0 Å². The average Bonchev–Trinajstić information content (AvgIpc) is 2.73. The first-order valence-corrected chi connectivity index (χ1v) is 10.2. The SMILES string of the molecule is CCCCOc1ccc(C#Cc2ccc3cc(OCCCC)ccc3c2)cc1.